The number of carboxylic acids is 1. The summed E-state index contributed by atoms with van der Waals surface area (Å²) in [5, 5.41) is 8.62. The predicted octanol–water partition coefficient (Wildman–Crippen LogP) is 3.48. The molecule has 0 aromatic heterocycles. The van der Waals surface area contributed by atoms with E-state index >= 15 is 0 Å². The van der Waals surface area contributed by atoms with Gasteiger partial charge < -0.3 is 5.11 Å². The monoisotopic (exact) mass is 234 g/mol. The average Bonchev–Trinajstić information content (AvgIpc) is 2.25. The van der Waals surface area contributed by atoms with Crippen molar-refractivity contribution in [1.29, 1.82) is 0 Å². The molecule has 1 N–H and O–H groups in total. The Kier molecular flexibility index (Phi) is 2.97. The lowest BCUT2D eigenvalue weighted by Crippen LogP contribution is -2.44. The molecule has 0 heterocycles. The normalized spacial score (nSPS) is 43.4. The van der Waals surface area contributed by atoms with Crippen LogP contribution in [0.3, 0.4) is 0 Å². The number of aliphatic carboxylic acids is 1. The molecule has 0 saturated heterocycles. The highest BCUT2D eigenvalue weighted by molar-refractivity contribution is 5.66. The molecule has 2 nitrogen and oxygen atoms in total. The first-order chi connectivity index (χ1) is 8.22. The standard InChI is InChI=1S/C15H22O2/c16-15(17)4-2-1-3-14-12-6-10-5-11(8-12)9-13(14)7-10/h1,3,10-14H,2,4-9H2,(H,16,17)/b3-1+. The maximum absolute atomic E-state index is 10.5. The quantitative estimate of drug-likeness (QED) is 0.756. The first-order valence-electron chi connectivity index (χ1n) is 7.11. The molecule has 4 aliphatic rings. The lowest BCUT2D eigenvalue weighted by Gasteiger charge is -2.53. The van der Waals surface area contributed by atoms with Gasteiger partial charge in [-0.2, -0.15) is 0 Å². The molecule has 0 aliphatic heterocycles. The second-order valence-electron chi connectivity index (χ2n) is 6.37. The Morgan fingerprint density at radius 2 is 1.65 bits per heavy atom. The van der Waals surface area contributed by atoms with Gasteiger partial charge in [-0.3, -0.25) is 4.79 Å². The number of carboxylic acid groups (broad SMARTS) is 1. The molecule has 94 valence electrons. The number of carbonyl (C=O) groups is 1. The Labute approximate surface area is 103 Å². The molecular weight excluding hydrogens is 212 g/mol. The van der Waals surface area contributed by atoms with E-state index in [1.54, 1.807) is 0 Å². The van der Waals surface area contributed by atoms with Crippen LogP contribution in [0, 0.1) is 29.6 Å². The van der Waals surface area contributed by atoms with Crippen molar-refractivity contribution in [2.45, 2.75) is 44.9 Å². The molecule has 4 fully saturated rings. The highest BCUT2D eigenvalue weighted by Crippen LogP contribution is 2.56. The fraction of sp³-hybridized carbons (Fsp3) is 0.800. The van der Waals surface area contributed by atoms with Gasteiger partial charge in [0.25, 0.3) is 0 Å². The molecule has 0 spiro atoms. The van der Waals surface area contributed by atoms with Gasteiger partial charge in [0.2, 0.25) is 0 Å². The van der Waals surface area contributed by atoms with Gasteiger partial charge in [-0.15, -0.1) is 0 Å². The third-order valence-electron chi connectivity index (χ3n) is 5.18. The van der Waals surface area contributed by atoms with Crippen LogP contribution in [0.2, 0.25) is 0 Å². The summed E-state index contributed by atoms with van der Waals surface area (Å²) in [5.74, 6) is 4.00. The Morgan fingerprint density at radius 1 is 1.06 bits per heavy atom. The second kappa shape index (κ2) is 4.47. The molecule has 4 rings (SSSR count). The highest BCUT2D eigenvalue weighted by atomic mass is 16.4. The van der Waals surface area contributed by atoms with E-state index in [1.807, 2.05) is 0 Å². The summed E-state index contributed by atoms with van der Waals surface area (Å²) in [5.41, 5.74) is 0. The van der Waals surface area contributed by atoms with Crippen molar-refractivity contribution in [2.24, 2.45) is 29.6 Å². The summed E-state index contributed by atoms with van der Waals surface area (Å²) >= 11 is 0. The number of allylic oxidation sites excluding steroid dienone is 2. The van der Waals surface area contributed by atoms with E-state index in [0.29, 0.717) is 6.42 Å². The summed E-state index contributed by atoms with van der Waals surface area (Å²) in [6.07, 6.45) is 12.8. The Hall–Kier alpha value is -0.790. The topological polar surface area (TPSA) is 37.3 Å². The predicted molar refractivity (Wildman–Crippen MR) is 66.5 cm³/mol. The van der Waals surface area contributed by atoms with Crippen LogP contribution in [0.15, 0.2) is 12.2 Å². The summed E-state index contributed by atoms with van der Waals surface area (Å²) in [7, 11) is 0. The summed E-state index contributed by atoms with van der Waals surface area (Å²) in [6.45, 7) is 0. The molecule has 4 aliphatic carbocycles. The fourth-order valence-corrected chi connectivity index (χ4v) is 4.74. The van der Waals surface area contributed by atoms with E-state index in [4.69, 9.17) is 5.11 Å². The van der Waals surface area contributed by atoms with E-state index in [1.165, 1.54) is 32.1 Å². The molecule has 2 heteroatoms. The number of hydrogen-bond donors (Lipinski definition) is 1. The summed E-state index contributed by atoms with van der Waals surface area (Å²) in [6, 6.07) is 0. The largest absolute Gasteiger partial charge is 0.481 e. The van der Waals surface area contributed by atoms with Gasteiger partial charge in [-0.05, 0) is 68.1 Å². The average molecular weight is 234 g/mol. The zero-order valence-corrected chi connectivity index (χ0v) is 10.3. The van der Waals surface area contributed by atoms with Gasteiger partial charge in [-0.25, -0.2) is 0 Å². The van der Waals surface area contributed by atoms with Crippen molar-refractivity contribution in [1.82, 2.24) is 0 Å². The van der Waals surface area contributed by atoms with E-state index in [0.717, 1.165) is 29.6 Å². The van der Waals surface area contributed by atoms with Crippen molar-refractivity contribution >= 4 is 5.97 Å². The minimum Gasteiger partial charge on any atom is -0.481 e. The lowest BCUT2D eigenvalue weighted by molar-refractivity contribution is -0.136. The third-order valence-corrected chi connectivity index (χ3v) is 5.18. The van der Waals surface area contributed by atoms with Crippen LogP contribution >= 0.6 is 0 Å². The van der Waals surface area contributed by atoms with Gasteiger partial charge in [0.05, 0.1) is 0 Å². The van der Waals surface area contributed by atoms with Crippen molar-refractivity contribution in [3.8, 4) is 0 Å². The van der Waals surface area contributed by atoms with Gasteiger partial charge in [0, 0.05) is 6.42 Å². The van der Waals surface area contributed by atoms with Gasteiger partial charge >= 0.3 is 5.97 Å². The first kappa shape index (κ1) is 11.3. The van der Waals surface area contributed by atoms with E-state index < -0.39 is 5.97 Å². The SMILES string of the molecule is O=C(O)CC/C=C/C1C2CC3CC(C2)CC1C3. The van der Waals surface area contributed by atoms with Crippen molar-refractivity contribution in [3.05, 3.63) is 12.2 Å². The first-order valence-corrected chi connectivity index (χ1v) is 7.11. The van der Waals surface area contributed by atoms with Gasteiger partial charge in [0.1, 0.15) is 0 Å². The minimum absolute atomic E-state index is 0.282. The fourth-order valence-electron chi connectivity index (χ4n) is 4.74. The van der Waals surface area contributed by atoms with Crippen LogP contribution in [0.4, 0.5) is 0 Å². The Morgan fingerprint density at radius 3 is 2.18 bits per heavy atom. The Balaban J connectivity index is 1.58. The lowest BCUT2D eigenvalue weighted by atomic mass is 9.52. The second-order valence-corrected chi connectivity index (χ2v) is 6.37. The van der Waals surface area contributed by atoms with Crippen LogP contribution in [-0.4, -0.2) is 11.1 Å². The van der Waals surface area contributed by atoms with E-state index in [2.05, 4.69) is 12.2 Å². The summed E-state index contributed by atoms with van der Waals surface area (Å²) in [4.78, 5) is 10.5. The van der Waals surface area contributed by atoms with E-state index in [9.17, 15) is 4.79 Å². The van der Waals surface area contributed by atoms with Crippen molar-refractivity contribution in [2.75, 3.05) is 0 Å². The molecule has 0 aromatic carbocycles. The third kappa shape index (κ3) is 2.27. The number of rotatable bonds is 4. The zero-order chi connectivity index (χ0) is 11.8. The molecular formula is C15H22O2. The number of hydrogen-bond acceptors (Lipinski definition) is 1. The molecule has 0 aromatic rings. The van der Waals surface area contributed by atoms with Crippen LogP contribution in [-0.2, 0) is 4.79 Å². The van der Waals surface area contributed by atoms with Crippen molar-refractivity contribution < 1.29 is 9.90 Å². The molecule has 0 unspecified atom stereocenters. The maximum atomic E-state index is 10.5. The van der Waals surface area contributed by atoms with Gasteiger partial charge in [0.15, 0.2) is 0 Å². The molecule has 4 saturated carbocycles. The van der Waals surface area contributed by atoms with Gasteiger partial charge in [-0.1, -0.05) is 12.2 Å². The smallest absolute Gasteiger partial charge is 0.303 e. The Bertz CT molecular complexity index is 304. The molecule has 0 atom stereocenters. The molecule has 0 radical (unpaired) electrons. The van der Waals surface area contributed by atoms with Crippen LogP contribution in [0.5, 0.6) is 0 Å². The molecule has 17 heavy (non-hydrogen) atoms. The summed E-state index contributed by atoms with van der Waals surface area (Å²) < 4.78 is 0. The van der Waals surface area contributed by atoms with Crippen LogP contribution < -0.4 is 0 Å². The molecule has 4 bridgehead atoms. The van der Waals surface area contributed by atoms with E-state index in [-0.39, 0.29) is 6.42 Å². The van der Waals surface area contributed by atoms with Crippen LogP contribution in [0.25, 0.3) is 0 Å². The van der Waals surface area contributed by atoms with Crippen molar-refractivity contribution in [3.63, 3.8) is 0 Å². The van der Waals surface area contributed by atoms with Crippen LogP contribution in [0.1, 0.15) is 44.9 Å². The highest BCUT2D eigenvalue weighted by Gasteiger charge is 2.46. The zero-order valence-electron chi connectivity index (χ0n) is 10.3. The molecule has 0 amide bonds. The maximum Gasteiger partial charge on any atom is 0.303 e. The minimum atomic E-state index is -0.681.